The summed E-state index contributed by atoms with van der Waals surface area (Å²) in [6, 6.07) is 5.91. The van der Waals surface area contributed by atoms with Crippen LogP contribution in [-0.2, 0) is 9.53 Å². The number of nitrogens with one attached hydrogen (secondary N) is 1. The third-order valence-corrected chi connectivity index (χ3v) is 3.75. The van der Waals surface area contributed by atoms with E-state index < -0.39 is 0 Å². The first-order valence-corrected chi connectivity index (χ1v) is 7.61. The quantitative estimate of drug-likeness (QED) is 0.907. The summed E-state index contributed by atoms with van der Waals surface area (Å²) in [5, 5.41) is 2.94. The van der Waals surface area contributed by atoms with E-state index in [1.54, 1.807) is 0 Å². The molecule has 1 aliphatic rings. The van der Waals surface area contributed by atoms with Gasteiger partial charge in [-0.1, -0.05) is 15.9 Å². The average Bonchev–Trinajstić information content (AvgIpc) is 2.36. The first-order valence-electron chi connectivity index (χ1n) is 6.82. The Morgan fingerprint density at radius 3 is 2.95 bits per heavy atom. The lowest BCUT2D eigenvalue weighted by atomic mass is 10.0. The summed E-state index contributed by atoms with van der Waals surface area (Å²) in [6.45, 7) is 2.85. The fourth-order valence-corrected chi connectivity index (χ4v) is 2.97. The van der Waals surface area contributed by atoms with E-state index in [1.807, 2.05) is 25.1 Å². The Labute approximate surface area is 122 Å². The van der Waals surface area contributed by atoms with Crippen LogP contribution in [0.25, 0.3) is 0 Å². The number of carbonyl (C=O) groups excluding carboxylic acids is 1. The number of anilines is 1. The minimum atomic E-state index is 0.0617. The summed E-state index contributed by atoms with van der Waals surface area (Å²) in [5.74, 6) is 0.0617. The molecule has 4 heteroatoms. The number of hydrogen-bond donors (Lipinski definition) is 1. The Balaban J connectivity index is 1.80. The van der Waals surface area contributed by atoms with Crippen molar-refractivity contribution >= 4 is 27.5 Å². The minimum Gasteiger partial charge on any atom is -0.378 e. The third-order valence-electron chi connectivity index (χ3n) is 3.29. The van der Waals surface area contributed by atoms with Crippen LogP contribution in [0.15, 0.2) is 22.7 Å². The molecule has 19 heavy (non-hydrogen) atoms. The lowest BCUT2D eigenvalue weighted by Gasteiger charge is -2.22. The summed E-state index contributed by atoms with van der Waals surface area (Å²) < 4.78 is 6.61. The molecule has 0 bridgehead atoms. The van der Waals surface area contributed by atoms with E-state index in [9.17, 15) is 4.79 Å². The van der Waals surface area contributed by atoms with Crippen LogP contribution in [0.2, 0.25) is 0 Å². The molecular formula is C15H20BrNO2. The van der Waals surface area contributed by atoms with Crippen LogP contribution < -0.4 is 5.32 Å². The summed E-state index contributed by atoms with van der Waals surface area (Å²) in [4.78, 5) is 11.9. The SMILES string of the molecule is Cc1cc(Br)cc(NC(=O)CCC2CCCCO2)c1. The van der Waals surface area contributed by atoms with Crippen molar-refractivity contribution in [3.8, 4) is 0 Å². The lowest BCUT2D eigenvalue weighted by Crippen LogP contribution is -2.21. The van der Waals surface area contributed by atoms with Crippen LogP contribution in [0.1, 0.15) is 37.7 Å². The minimum absolute atomic E-state index is 0.0617. The molecule has 0 radical (unpaired) electrons. The normalized spacial score (nSPS) is 19.2. The molecule has 1 aliphatic heterocycles. The van der Waals surface area contributed by atoms with Gasteiger partial charge in [0.2, 0.25) is 5.91 Å². The number of aryl methyl sites for hydroxylation is 1. The largest absolute Gasteiger partial charge is 0.378 e. The Kier molecular flexibility index (Phi) is 5.40. The molecule has 1 aromatic carbocycles. The molecule has 0 spiro atoms. The van der Waals surface area contributed by atoms with E-state index in [-0.39, 0.29) is 12.0 Å². The number of ether oxygens (including phenoxy) is 1. The monoisotopic (exact) mass is 325 g/mol. The van der Waals surface area contributed by atoms with Gasteiger partial charge in [-0.2, -0.15) is 0 Å². The van der Waals surface area contributed by atoms with Crippen molar-refractivity contribution < 1.29 is 9.53 Å². The van der Waals surface area contributed by atoms with Crippen molar-refractivity contribution in [2.75, 3.05) is 11.9 Å². The van der Waals surface area contributed by atoms with Crippen molar-refractivity contribution in [3.63, 3.8) is 0 Å². The van der Waals surface area contributed by atoms with Gasteiger partial charge in [-0.15, -0.1) is 0 Å². The predicted molar refractivity (Wildman–Crippen MR) is 80.3 cm³/mol. The summed E-state index contributed by atoms with van der Waals surface area (Å²) in [5.41, 5.74) is 1.97. The van der Waals surface area contributed by atoms with E-state index >= 15 is 0 Å². The van der Waals surface area contributed by atoms with E-state index in [2.05, 4.69) is 21.2 Å². The molecule has 1 saturated heterocycles. The molecule has 2 rings (SSSR count). The van der Waals surface area contributed by atoms with E-state index in [1.165, 1.54) is 6.42 Å². The van der Waals surface area contributed by atoms with E-state index in [0.29, 0.717) is 6.42 Å². The maximum Gasteiger partial charge on any atom is 0.224 e. The zero-order valence-electron chi connectivity index (χ0n) is 11.2. The molecule has 1 amide bonds. The Bertz CT molecular complexity index is 422. The molecule has 1 atom stereocenters. The highest BCUT2D eigenvalue weighted by molar-refractivity contribution is 9.10. The highest BCUT2D eigenvalue weighted by atomic mass is 79.9. The first-order chi connectivity index (χ1) is 9.13. The molecule has 0 saturated carbocycles. The van der Waals surface area contributed by atoms with Crippen molar-refractivity contribution in [2.45, 2.75) is 45.1 Å². The smallest absolute Gasteiger partial charge is 0.224 e. The molecule has 0 aromatic heterocycles. The van der Waals surface area contributed by atoms with Gasteiger partial charge in [-0.3, -0.25) is 4.79 Å². The Morgan fingerprint density at radius 2 is 2.26 bits per heavy atom. The van der Waals surface area contributed by atoms with Gasteiger partial charge in [0.05, 0.1) is 6.10 Å². The van der Waals surface area contributed by atoms with Crippen molar-refractivity contribution in [2.24, 2.45) is 0 Å². The van der Waals surface area contributed by atoms with Gasteiger partial charge < -0.3 is 10.1 Å². The van der Waals surface area contributed by atoms with Crippen LogP contribution in [0.5, 0.6) is 0 Å². The first kappa shape index (κ1) is 14.5. The van der Waals surface area contributed by atoms with Gasteiger partial charge in [-0.05, 0) is 56.4 Å². The fraction of sp³-hybridized carbons (Fsp3) is 0.533. The summed E-state index contributed by atoms with van der Waals surface area (Å²) in [6.07, 6.45) is 5.07. The zero-order chi connectivity index (χ0) is 13.7. The fourth-order valence-electron chi connectivity index (χ4n) is 2.36. The number of hydrogen-bond acceptors (Lipinski definition) is 2. The van der Waals surface area contributed by atoms with Gasteiger partial charge in [0, 0.05) is 23.2 Å². The van der Waals surface area contributed by atoms with E-state index in [4.69, 9.17) is 4.74 Å². The van der Waals surface area contributed by atoms with Crippen LogP contribution in [0.3, 0.4) is 0 Å². The molecule has 1 fully saturated rings. The van der Waals surface area contributed by atoms with Gasteiger partial charge in [0.15, 0.2) is 0 Å². The molecule has 104 valence electrons. The van der Waals surface area contributed by atoms with Gasteiger partial charge >= 0.3 is 0 Å². The second kappa shape index (κ2) is 7.06. The number of amides is 1. The summed E-state index contributed by atoms with van der Waals surface area (Å²) >= 11 is 3.43. The maximum atomic E-state index is 11.9. The van der Waals surface area contributed by atoms with Crippen LogP contribution in [-0.4, -0.2) is 18.6 Å². The average molecular weight is 326 g/mol. The second-order valence-electron chi connectivity index (χ2n) is 5.09. The second-order valence-corrected chi connectivity index (χ2v) is 6.01. The Morgan fingerprint density at radius 1 is 1.42 bits per heavy atom. The van der Waals surface area contributed by atoms with Gasteiger partial charge in [0.25, 0.3) is 0 Å². The molecule has 0 aliphatic carbocycles. The van der Waals surface area contributed by atoms with Gasteiger partial charge in [-0.25, -0.2) is 0 Å². The van der Waals surface area contributed by atoms with Gasteiger partial charge in [0.1, 0.15) is 0 Å². The zero-order valence-corrected chi connectivity index (χ0v) is 12.8. The van der Waals surface area contributed by atoms with Crippen LogP contribution in [0, 0.1) is 6.92 Å². The van der Waals surface area contributed by atoms with Crippen molar-refractivity contribution in [3.05, 3.63) is 28.2 Å². The van der Waals surface area contributed by atoms with E-state index in [0.717, 1.165) is 41.6 Å². The number of carbonyl (C=O) groups is 1. The maximum absolute atomic E-state index is 11.9. The molecule has 1 N–H and O–H groups in total. The highest BCUT2D eigenvalue weighted by Gasteiger charge is 2.15. The predicted octanol–water partition coefficient (Wildman–Crippen LogP) is 4.05. The Hall–Kier alpha value is -0.870. The van der Waals surface area contributed by atoms with Crippen molar-refractivity contribution in [1.82, 2.24) is 0 Å². The van der Waals surface area contributed by atoms with Crippen LogP contribution >= 0.6 is 15.9 Å². The molecule has 3 nitrogen and oxygen atoms in total. The lowest BCUT2D eigenvalue weighted by molar-refractivity contribution is -0.117. The molecule has 1 heterocycles. The summed E-state index contributed by atoms with van der Waals surface area (Å²) in [7, 11) is 0. The molecule has 1 unspecified atom stereocenters. The standard InChI is InChI=1S/C15H20BrNO2/c1-11-8-12(16)10-13(9-11)17-15(18)6-5-14-4-2-3-7-19-14/h8-10,14H,2-7H2,1H3,(H,17,18). The number of halogens is 1. The topological polar surface area (TPSA) is 38.3 Å². The molecule has 1 aromatic rings. The number of rotatable bonds is 4. The highest BCUT2D eigenvalue weighted by Crippen LogP contribution is 2.20. The number of benzene rings is 1. The molecular weight excluding hydrogens is 306 g/mol. The third kappa shape index (κ3) is 4.96. The van der Waals surface area contributed by atoms with Crippen molar-refractivity contribution in [1.29, 1.82) is 0 Å². The van der Waals surface area contributed by atoms with Crippen LogP contribution in [0.4, 0.5) is 5.69 Å².